The quantitative estimate of drug-likeness (QED) is 0.899. The predicted molar refractivity (Wildman–Crippen MR) is 97.2 cm³/mol. The normalized spacial score (nSPS) is 21.9. The van der Waals surface area contributed by atoms with Crippen molar-refractivity contribution in [2.24, 2.45) is 11.7 Å². The lowest BCUT2D eigenvalue weighted by atomic mass is 9.90. The molecule has 1 aliphatic heterocycles. The number of nitrogens with two attached hydrogens (primary N) is 1. The Balaban J connectivity index is 1.68. The minimum absolute atomic E-state index is 0.0888. The molecule has 2 atom stereocenters. The Morgan fingerprint density at radius 3 is 2.92 bits per heavy atom. The van der Waals surface area contributed by atoms with E-state index in [4.69, 9.17) is 10.5 Å². The molecular weight excluding hydrogens is 336 g/mol. The maximum atomic E-state index is 13.2. The number of nitrogens with zero attached hydrogens (tertiary/aromatic N) is 1. The zero-order valence-corrected chi connectivity index (χ0v) is 14.8. The van der Waals surface area contributed by atoms with Gasteiger partial charge in [0.25, 0.3) is 11.8 Å². The Labute approximate surface area is 150 Å². The molecule has 0 unspecified atom stereocenters. The van der Waals surface area contributed by atoms with E-state index in [1.165, 1.54) is 16.9 Å². The molecule has 0 bridgehead atoms. The van der Waals surface area contributed by atoms with Gasteiger partial charge in [-0.1, -0.05) is 19.1 Å². The highest BCUT2D eigenvalue weighted by atomic mass is 32.1. The summed E-state index contributed by atoms with van der Waals surface area (Å²) in [5.74, 6) is 0.523. The Kier molecular flexibility index (Phi) is 4.00. The number of thiophene rings is 1. The number of aryl methyl sites for hydroxylation is 1. The van der Waals surface area contributed by atoms with Gasteiger partial charge in [-0.05, 0) is 48.9 Å². The van der Waals surface area contributed by atoms with Crippen molar-refractivity contribution in [3.8, 4) is 5.75 Å². The van der Waals surface area contributed by atoms with Crippen molar-refractivity contribution in [2.75, 3.05) is 11.4 Å². The molecule has 2 N–H and O–H groups in total. The largest absolute Gasteiger partial charge is 0.477 e. The molecule has 4 rings (SSSR count). The standard InChI is InChI=1S/C19H20N2O3S/c1-11-6-7-16-12(8-11)9-17(25-16)19(23)21-10-15(18(20)22)24-14-5-3-2-4-13(14)21/h2-5,9,11,15H,6-8,10H2,1H3,(H2,20,22)/t11-,15+/m0/s1. The SMILES string of the molecule is C[C@H]1CCc2sc(C(=O)N3C[C@H](C(N)=O)Oc4ccccc43)cc2C1. The van der Waals surface area contributed by atoms with Crippen molar-refractivity contribution in [3.05, 3.63) is 45.6 Å². The molecule has 1 aliphatic carbocycles. The lowest BCUT2D eigenvalue weighted by Gasteiger charge is -2.33. The summed E-state index contributed by atoms with van der Waals surface area (Å²) >= 11 is 1.58. The maximum absolute atomic E-state index is 13.2. The van der Waals surface area contributed by atoms with Crippen molar-refractivity contribution in [2.45, 2.75) is 32.3 Å². The van der Waals surface area contributed by atoms with Crippen molar-refractivity contribution < 1.29 is 14.3 Å². The number of ether oxygens (including phenoxy) is 1. The van der Waals surface area contributed by atoms with Crippen LogP contribution in [0.15, 0.2) is 30.3 Å². The molecule has 0 saturated heterocycles. The second-order valence-electron chi connectivity index (χ2n) is 6.80. The van der Waals surface area contributed by atoms with Crippen molar-refractivity contribution in [1.29, 1.82) is 0 Å². The van der Waals surface area contributed by atoms with Crippen LogP contribution in [0.2, 0.25) is 0 Å². The second kappa shape index (κ2) is 6.19. The number of primary amides is 1. The summed E-state index contributed by atoms with van der Waals surface area (Å²) in [7, 11) is 0. The first-order chi connectivity index (χ1) is 12.0. The van der Waals surface area contributed by atoms with Crippen LogP contribution in [0.4, 0.5) is 5.69 Å². The zero-order chi connectivity index (χ0) is 17.6. The summed E-state index contributed by atoms with van der Waals surface area (Å²) < 4.78 is 5.64. The number of benzene rings is 1. The van der Waals surface area contributed by atoms with Gasteiger partial charge in [0.05, 0.1) is 17.1 Å². The van der Waals surface area contributed by atoms with Gasteiger partial charge in [-0.25, -0.2) is 0 Å². The zero-order valence-electron chi connectivity index (χ0n) is 14.0. The molecule has 0 spiro atoms. The van der Waals surface area contributed by atoms with Crippen LogP contribution in [-0.4, -0.2) is 24.5 Å². The molecule has 2 heterocycles. The van der Waals surface area contributed by atoms with E-state index in [1.807, 2.05) is 24.3 Å². The van der Waals surface area contributed by atoms with E-state index < -0.39 is 12.0 Å². The van der Waals surface area contributed by atoms with Crippen LogP contribution >= 0.6 is 11.3 Å². The summed E-state index contributed by atoms with van der Waals surface area (Å²) in [6.07, 6.45) is 2.42. The Morgan fingerprint density at radius 2 is 2.12 bits per heavy atom. The van der Waals surface area contributed by atoms with Crippen molar-refractivity contribution in [3.63, 3.8) is 0 Å². The number of hydrogen-bond acceptors (Lipinski definition) is 4. The van der Waals surface area contributed by atoms with Crippen LogP contribution in [0.1, 0.15) is 33.5 Å². The molecular formula is C19H20N2O3S. The number of hydrogen-bond donors (Lipinski definition) is 1. The number of carbonyl (C=O) groups excluding carboxylic acids is 2. The highest BCUT2D eigenvalue weighted by molar-refractivity contribution is 7.14. The van der Waals surface area contributed by atoms with E-state index in [2.05, 4.69) is 6.92 Å². The fraction of sp³-hybridized carbons (Fsp3) is 0.368. The summed E-state index contributed by atoms with van der Waals surface area (Å²) in [4.78, 5) is 28.4. The van der Waals surface area contributed by atoms with E-state index in [0.717, 1.165) is 17.7 Å². The first-order valence-electron chi connectivity index (χ1n) is 8.51. The predicted octanol–water partition coefficient (Wildman–Crippen LogP) is 2.77. The smallest absolute Gasteiger partial charge is 0.268 e. The van der Waals surface area contributed by atoms with Crippen molar-refractivity contribution in [1.82, 2.24) is 0 Å². The minimum Gasteiger partial charge on any atom is -0.477 e. The Bertz CT molecular complexity index is 845. The van der Waals surface area contributed by atoms with Gasteiger partial charge in [0.15, 0.2) is 6.10 Å². The van der Waals surface area contributed by atoms with Gasteiger partial charge in [0.2, 0.25) is 0 Å². The molecule has 130 valence electrons. The fourth-order valence-electron chi connectivity index (χ4n) is 3.52. The van der Waals surface area contributed by atoms with Crippen LogP contribution in [0.3, 0.4) is 0 Å². The van der Waals surface area contributed by atoms with Crippen molar-refractivity contribution >= 4 is 28.8 Å². The number of fused-ring (bicyclic) bond motifs is 2. The highest BCUT2D eigenvalue weighted by Crippen LogP contribution is 2.37. The van der Waals surface area contributed by atoms with Gasteiger partial charge in [0.1, 0.15) is 5.75 Å². The third-order valence-corrected chi connectivity index (χ3v) is 6.10. The maximum Gasteiger partial charge on any atom is 0.268 e. The molecule has 0 saturated carbocycles. The lowest BCUT2D eigenvalue weighted by molar-refractivity contribution is -0.124. The Hall–Kier alpha value is -2.34. The summed E-state index contributed by atoms with van der Waals surface area (Å²) in [5, 5.41) is 0. The molecule has 1 aromatic heterocycles. The molecule has 0 radical (unpaired) electrons. The Morgan fingerprint density at radius 1 is 1.32 bits per heavy atom. The average Bonchev–Trinajstić information content (AvgIpc) is 3.03. The minimum atomic E-state index is -0.826. The van der Waals surface area contributed by atoms with Gasteiger partial charge >= 0.3 is 0 Å². The summed E-state index contributed by atoms with van der Waals surface area (Å²) in [6, 6.07) is 9.28. The van der Waals surface area contributed by atoms with Crippen LogP contribution in [0.25, 0.3) is 0 Å². The van der Waals surface area contributed by atoms with Gasteiger partial charge < -0.3 is 10.5 Å². The molecule has 0 fully saturated rings. The second-order valence-corrected chi connectivity index (χ2v) is 7.94. The lowest BCUT2D eigenvalue weighted by Crippen LogP contribution is -2.49. The number of amides is 2. The number of rotatable bonds is 2. The number of carbonyl (C=O) groups is 2. The first-order valence-corrected chi connectivity index (χ1v) is 9.33. The molecule has 2 aliphatic rings. The summed E-state index contributed by atoms with van der Waals surface area (Å²) in [5.41, 5.74) is 7.40. The topological polar surface area (TPSA) is 72.6 Å². The van der Waals surface area contributed by atoms with E-state index in [9.17, 15) is 9.59 Å². The van der Waals surface area contributed by atoms with Crippen LogP contribution in [-0.2, 0) is 17.6 Å². The number of anilines is 1. The third kappa shape index (κ3) is 2.91. The van der Waals surface area contributed by atoms with Crippen LogP contribution in [0, 0.1) is 5.92 Å². The summed E-state index contributed by atoms with van der Waals surface area (Å²) in [6.45, 7) is 2.39. The average molecular weight is 356 g/mol. The van der Waals surface area contributed by atoms with Gasteiger partial charge in [-0.15, -0.1) is 11.3 Å². The molecule has 2 amide bonds. The van der Waals surface area contributed by atoms with Crippen LogP contribution in [0.5, 0.6) is 5.75 Å². The number of para-hydroxylation sites is 2. The molecule has 5 nitrogen and oxygen atoms in total. The fourth-order valence-corrected chi connectivity index (χ4v) is 4.68. The molecule has 1 aromatic carbocycles. The highest BCUT2D eigenvalue weighted by Gasteiger charge is 2.34. The monoisotopic (exact) mass is 356 g/mol. The van der Waals surface area contributed by atoms with Crippen LogP contribution < -0.4 is 15.4 Å². The first kappa shape index (κ1) is 16.1. The third-order valence-electron chi connectivity index (χ3n) is 4.88. The van der Waals surface area contributed by atoms with E-state index in [-0.39, 0.29) is 12.5 Å². The molecule has 2 aromatic rings. The van der Waals surface area contributed by atoms with Gasteiger partial charge in [-0.2, -0.15) is 0 Å². The molecule has 6 heteroatoms. The van der Waals surface area contributed by atoms with E-state index in [1.54, 1.807) is 22.3 Å². The van der Waals surface area contributed by atoms with Gasteiger partial charge in [0, 0.05) is 4.88 Å². The molecule has 25 heavy (non-hydrogen) atoms. The van der Waals surface area contributed by atoms with E-state index in [0.29, 0.717) is 17.4 Å². The van der Waals surface area contributed by atoms with E-state index >= 15 is 0 Å². The van der Waals surface area contributed by atoms with Gasteiger partial charge in [-0.3, -0.25) is 14.5 Å².